The van der Waals surface area contributed by atoms with Gasteiger partial charge in [0.2, 0.25) is 0 Å². The fraction of sp³-hybridized carbons (Fsp3) is 0.600. The average Bonchev–Trinajstić information content (AvgIpc) is 2.41. The maximum Gasteiger partial charge on any atom is 0.197 e. The summed E-state index contributed by atoms with van der Waals surface area (Å²) >= 11 is 0. The lowest BCUT2D eigenvalue weighted by Gasteiger charge is -2.35. The van der Waals surface area contributed by atoms with E-state index in [1.807, 2.05) is 6.92 Å². The van der Waals surface area contributed by atoms with Crippen LogP contribution in [0.5, 0.6) is 11.5 Å². The Labute approximate surface area is 113 Å². The van der Waals surface area contributed by atoms with Gasteiger partial charge in [0.25, 0.3) is 0 Å². The zero-order chi connectivity index (χ0) is 14.0. The largest absolute Gasteiger partial charge is 0.492 e. The van der Waals surface area contributed by atoms with E-state index in [1.54, 1.807) is 0 Å². The van der Waals surface area contributed by atoms with E-state index in [9.17, 15) is 4.39 Å². The summed E-state index contributed by atoms with van der Waals surface area (Å²) in [5, 5.41) is 0. The van der Waals surface area contributed by atoms with Crippen molar-refractivity contribution < 1.29 is 13.9 Å². The van der Waals surface area contributed by atoms with Gasteiger partial charge in [0, 0.05) is 11.1 Å². The molecule has 1 aromatic carbocycles. The maximum absolute atomic E-state index is 14.1. The molecule has 0 spiro atoms. The molecular formula is C15H22FNO2. The van der Waals surface area contributed by atoms with Crippen molar-refractivity contribution in [2.75, 3.05) is 14.2 Å². The van der Waals surface area contributed by atoms with Crippen LogP contribution in [0.2, 0.25) is 0 Å². The molecule has 1 aliphatic rings. The molecule has 0 amide bonds. The summed E-state index contributed by atoms with van der Waals surface area (Å²) < 4.78 is 24.5. The van der Waals surface area contributed by atoms with Gasteiger partial charge in [0.15, 0.2) is 17.3 Å². The van der Waals surface area contributed by atoms with Crippen LogP contribution in [0.1, 0.15) is 43.2 Å². The third-order valence-electron chi connectivity index (χ3n) is 4.13. The highest BCUT2D eigenvalue weighted by Gasteiger charge is 2.33. The Bertz CT molecular complexity index is 468. The average molecular weight is 267 g/mol. The van der Waals surface area contributed by atoms with Gasteiger partial charge in [-0.15, -0.1) is 0 Å². The number of nitrogens with two attached hydrogens (primary N) is 1. The molecule has 0 heterocycles. The summed E-state index contributed by atoms with van der Waals surface area (Å²) in [6, 6.07) is 1.52. The number of benzene rings is 1. The van der Waals surface area contributed by atoms with E-state index >= 15 is 0 Å². The van der Waals surface area contributed by atoms with Crippen LogP contribution in [0.4, 0.5) is 4.39 Å². The third kappa shape index (κ3) is 2.41. The van der Waals surface area contributed by atoms with Gasteiger partial charge < -0.3 is 15.2 Å². The standard InChI is InChI=1S/C15H22FNO2/c1-10-11(15(17)7-5-4-6-8-15)9-12(16)14(19-3)13(10)18-2/h9H,4-8,17H2,1-3H3. The predicted molar refractivity (Wildman–Crippen MR) is 73.2 cm³/mol. The SMILES string of the molecule is COc1c(F)cc(C2(N)CCCCC2)c(C)c1OC. The Morgan fingerprint density at radius 1 is 1.11 bits per heavy atom. The molecule has 4 heteroatoms. The van der Waals surface area contributed by atoms with Crippen molar-refractivity contribution in [3.05, 3.63) is 23.0 Å². The fourth-order valence-corrected chi connectivity index (χ4v) is 3.11. The number of hydrogen-bond acceptors (Lipinski definition) is 3. The van der Waals surface area contributed by atoms with Crippen LogP contribution in [0.3, 0.4) is 0 Å². The quantitative estimate of drug-likeness (QED) is 0.914. The van der Waals surface area contributed by atoms with Gasteiger partial charge in [0.1, 0.15) is 0 Å². The molecule has 3 nitrogen and oxygen atoms in total. The summed E-state index contributed by atoms with van der Waals surface area (Å²) in [6.45, 7) is 1.92. The Kier molecular flexibility index (Phi) is 3.99. The second-order valence-electron chi connectivity index (χ2n) is 5.31. The second-order valence-corrected chi connectivity index (χ2v) is 5.31. The smallest absolute Gasteiger partial charge is 0.197 e. The molecule has 1 aliphatic carbocycles. The predicted octanol–water partition coefficient (Wildman–Crippen LogP) is 3.27. The first-order valence-electron chi connectivity index (χ1n) is 6.74. The zero-order valence-electron chi connectivity index (χ0n) is 11.9. The second kappa shape index (κ2) is 5.37. The van der Waals surface area contributed by atoms with Crippen molar-refractivity contribution in [1.29, 1.82) is 0 Å². The highest BCUT2D eigenvalue weighted by atomic mass is 19.1. The molecule has 2 N–H and O–H groups in total. The van der Waals surface area contributed by atoms with E-state index < -0.39 is 11.4 Å². The molecule has 1 aromatic rings. The Morgan fingerprint density at radius 2 is 1.68 bits per heavy atom. The summed E-state index contributed by atoms with van der Waals surface area (Å²) in [5.74, 6) is 0.200. The van der Waals surface area contributed by atoms with Crippen LogP contribution in [-0.2, 0) is 5.54 Å². The first-order chi connectivity index (χ1) is 9.03. The third-order valence-corrected chi connectivity index (χ3v) is 4.13. The van der Waals surface area contributed by atoms with E-state index in [2.05, 4.69) is 0 Å². The van der Waals surface area contributed by atoms with Gasteiger partial charge in [-0.3, -0.25) is 0 Å². The Morgan fingerprint density at radius 3 is 2.21 bits per heavy atom. The van der Waals surface area contributed by atoms with E-state index in [-0.39, 0.29) is 5.75 Å². The van der Waals surface area contributed by atoms with E-state index in [0.717, 1.165) is 36.8 Å². The summed E-state index contributed by atoms with van der Waals surface area (Å²) in [6.07, 6.45) is 5.16. The van der Waals surface area contributed by atoms with Crippen molar-refractivity contribution in [3.8, 4) is 11.5 Å². The molecule has 0 bridgehead atoms. The molecule has 0 atom stereocenters. The highest BCUT2D eigenvalue weighted by molar-refractivity contribution is 5.53. The first-order valence-corrected chi connectivity index (χ1v) is 6.74. The minimum atomic E-state index is -0.442. The number of halogens is 1. The monoisotopic (exact) mass is 267 g/mol. The lowest BCUT2D eigenvalue weighted by atomic mass is 9.75. The van der Waals surface area contributed by atoms with Gasteiger partial charge in [-0.1, -0.05) is 19.3 Å². The van der Waals surface area contributed by atoms with Gasteiger partial charge in [0.05, 0.1) is 14.2 Å². The van der Waals surface area contributed by atoms with Crippen molar-refractivity contribution in [2.45, 2.75) is 44.6 Å². The topological polar surface area (TPSA) is 44.5 Å². The van der Waals surface area contributed by atoms with E-state index in [0.29, 0.717) is 5.75 Å². The minimum Gasteiger partial charge on any atom is -0.492 e. The van der Waals surface area contributed by atoms with Crippen molar-refractivity contribution in [3.63, 3.8) is 0 Å². The molecule has 19 heavy (non-hydrogen) atoms. The fourth-order valence-electron chi connectivity index (χ4n) is 3.11. The molecule has 1 fully saturated rings. The number of methoxy groups -OCH3 is 2. The summed E-state index contributed by atoms with van der Waals surface area (Å²) in [5.41, 5.74) is 7.79. The van der Waals surface area contributed by atoms with Crippen LogP contribution in [-0.4, -0.2) is 14.2 Å². The van der Waals surface area contributed by atoms with E-state index in [4.69, 9.17) is 15.2 Å². The molecule has 106 valence electrons. The van der Waals surface area contributed by atoms with Crippen LogP contribution < -0.4 is 15.2 Å². The van der Waals surface area contributed by atoms with Crippen LogP contribution >= 0.6 is 0 Å². The Balaban J connectivity index is 2.55. The van der Waals surface area contributed by atoms with Crippen LogP contribution in [0, 0.1) is 12.7 Å². The summed E-state index contributed by atoms with van der Waals surface area (Å²) in [4.78, 5) is 0. The van der Waals surface area contributed by atoms with Gasteiger partial charge in [-0.2, -0.15) is 0 Å². The molecule has 0 aliphatic heterocycles. The normalized spacial score (nSPS) is 18.2. The molecule has 0 radical (unpaired) electrons. The van der Waals surface area contributed by atoms with Crippen molar-refractivity contribution >= 4 is 0 Å². The van der Waals surface area contributed by atoms with Gasteiger partial charge >= 0.3 is 0 Å². The van der Waals surface area contributed by atoms with Crippen molar-refractivity contribution in [1.82, 2.24) is 0 Å². The lowest BCUT2D eigenvalue weighted by Crippen LogP contribution is -2.39. The molecule has 1 saturated carbocycles. The number of hydrogen-bond donors (Lipinski definition) is 1. The Hall–Kier alpha value is -1.29. The van der Waals surface area contributed by atoms with Crippen molar-refractivity contribution in [2.24, 2.45) is 5.73 Å². The van der Waals surface area contributed by atoms with Crippen LogP contribution in [0.25, 0.3) is 0 Å². The number of rotatable bonds is 3. The van der Waals surface area contributed by atoms with Crippen LogP contribution in [0.15, 0.2) is 6.07 Å². The maximum atomic E-state index is 14.1. The van der Waals surface area contributed by atoms with Gasteiger partial charge in [-0.05, 0) is 31.4 Å². The first kappa shape index (κ1) is 14.1. The molecular weight excluding hydrogens is 245 g/mol. The highest BCUT2D eigenvalue weighted by Crippen LogP contribution is 2.43. The minimum absolute atomic E-state index is 0.156. The summed E-state index contributed by atoms with van der Waals surface area (Å²) in [7, 11) is 2.97. The lowest BCUT2D eigenvalue weighted by molar-refractivity contribution is 0.293. The number of ether oxygens (including phenoxy) is 2. The molecule has 0 aromatic heterocycles. The van der Waals surface area contributed by atoms with E-state index in [1.165, 1.54) is 26.7 Å². The molecule has 2 rings (SSSR count). The molecule has 0 unspecified atom stereocenters. The zero-order valence-corrected chi connectivity index (χ0v) is 11.9. The molecule has 0 saturated heterocycles. The van der Waals surface area contributed by atoms with Gasteiger partial charge in [-0.25, -0.2) is 4.39 Å².